The van der Waals surface area contributed by atoms with E-state index >= 15 is 0 Å². The van der Waals surface area contributed by atoms with Crippen LogP contribution in [0.2, 0.25) is 6.32 Å². The Balaban J connectivity index is 2.83. The molecule has 0 unspecified atom stereocenters. The van der Waals surface area contributed by atoms with Gasteiger partial charge in [0.2, 0.25) is 0 Å². The zero-order chi connectivity index (χ0) is 8.81. The number of rotatable bonds is 3. The Morgan fingerprint density at radius 3 is 3.00 bits per heavy atom. The van der Waals surface area contributed by atoms with E-state index in [4.69, 9.17) is 0 Å². The lowest BCUT2D eigenvalue weighted by Crippen LogP contribution is -1.68. The lowest BCUT2D eigenvalue weighted by atomic mass is 10.0. The van der Waals surface area contributed by atoms with E-state index in [-0.39, 0.29) is 0 Å². The van der Waals surface area contributed by atoms with E-state index in [0.717, 1.165) is 6.32 Å². The van der Waals surface area contributed by atoms with Gasteiger partial charge < -0.3 is 0 Å². The maximum Gasteiger partial charge on any atom is 0.106 e. The van der Waals surface area contributed by atoms with Crippen LogP contribution in [0.1, 0.15) is 17.4 Å². The molecule has 0 aliphatic rings. The SMILES string of the molecule is BC/C=C\c1sccc1/C=C\C. The molecule has 0 saturated heterocycles. The normalized spacial score (nSPS) is 11.8. The van der Waals surface area contributed by atoms with Crippen LogP contribution >= 0.6 is 11.3 Å². The zero-order valence-corrected chi connectivity index (χ0v) is 8.40. The van der Waals surface area contributed by atoms with Crippen molar-refractivity contribution in [2.75, 3.05) is 0 Å². The summed E-state index contributed by atoms with van der Waals surface area (Å²) < 4.78 is 0. The molecule has 0 aliphatic heterocycles. The van der Waals surface area contributed by atoms with E-state index in [9.17, 15) is 0 Å². The number of hydrogen-bond acceptors (Lipinski definition) is 1. The smallest absolute Gasteiger partial charge is 0.106 e. The van der Waals surface area contributed by atoms with Crippen LogP contribution in [0.25, 0.3) is 12.2 Å². The molecule has 0 bridgehead atoms. The van der Waals surface area contributed by atoms with E-state index < -0.39 is 0 Å². The molecule has 0 spiro atoms. The molecule has 0 nitrogen and oxygen atoms in total. The molecule has 0 amide bonds. The Morgan fingerprint density at radius 2 is 2.33 bits per heavy atom. The first-order valence-electron chi connectivity index (χ1n) is 4.25. The molecule has 1 rings (SSSR count). The third-order valence-corrected chi connectivity index (χ3v) is 2.48. The Bertz CT molecular complexity index is 284. The van der Waals surface area contributed by atoms with Crippen LogP contribution in [-0.4, -0.2) is 7.85 Å². The summed E-state index contributed by atoms with van der Waals surface area (Å²) in [5.74, 6) is 0. The monoisotopic (exact) mass is 176 g/mol. The topological polar surface area (TPSA) is 0 Å². The van der Waals surface area contributed by atoms with Crippen molar-refractivity contribution in [1.29, 1.82) is 0 Å². The third-order valence-electron chi connectivity index (χ3n) is 1.58. The molecular formula is C10H13BS. The summed E-state index contributed by atoms with van der Waals surface area (Å²) in [7, 11) is 2.15. The van der Waals surface area contributed by atoms with Crippen molar-refractivity contribution in [3.05, 3.63) is 34.0 Å². The van der Waals surface area contributed by atoms with Crippen LogP contribution in [0.15, 0.2) is 23.6 Å². The van der Waals surface area contributed by atoms with Gasteiger partial charge in [-0.1, -0.05) is 24.5 Å². The van der Waals surface area contributed by atoms with E-state index in [1.54, 1.807) is 11.3 Å². The fourth-order valence-corrected chi connectivity index (χ4v) is 1.82. The van der Waals surface area contributed by atoms with E-state index in [2.05, 4.69) is 43.6 Å². The van der Waals surface area contributed by atoms with Gasteiger partial charge in [-0.2, -0.15) is 0 Å². The Morgan fingerprint density at radius 1 is 1.50 bits per heavy atom. The maximum absolute atomic E-state index is 2.19. The summed E-state index contributed by atoms with van der Waals surface area (Å²) >= 11 is 1.79. The van der Waals surface area contributed by atoms with E-state index in [0.29, 0.717) is 0 Å². The average Bonchev–Trinajstić information content (AvgIpc) is 2.50. The molecule has 62 valence electrons. The van der Waals surface area contributed by atoms with Gasteiger partial charge in [0.05, 0.1) is 0 Å². The van der Waals surface area contributed by atoms with Crippen LogP contribution in [0, 0.1) is 0 Å². The molecular weight excluding hydrogens is 163 g/mol. The number of thiophene rings is 1. The summed E-state index contributed by atoms with van der Waals surface area (Å²) in [4.78, 5) is 1.36. The van der Waals surface area contributed by atoms with Gasteiger partial charge in [0.1, 0.15) is 7.85 Å². The molecule has 0 N–H and O–H groups in total. The van der Waals surface area contributed by atoms with Crippen molar-refractivity contribution < 1.29 is 0 Å². The first kappa shape index (κ1) is 9.33. The van der Waals surface area contributed by atoms with Crippen molar-refractivity contribution in [3.63, 3.8) is 0 Å². The van der Waals surface area contributed by atoms with Gasteiger partial charge in [-0.25, -0.2) is 0 Å². The van der Waals surface area contributed by atoms with Crippen molar-refractivity contribution >= 4 is 31.3 Å². The molecule has 0 radical (unpaired) electrons. The summed E-state index contributed by atoms with van der Waals surface area (Å²) in [6.07, 6.45) is 9.71. The molecule has 0 aliphatic carbocycles. The van der Waals surface area contributed by atoms with Crippen molar-refractivity contribution in [1.82, 2.24) is 0 Å². The minimum absolute atomic E-state index is 1.10. The number of allylic oxidation sites excluding steroid dienone is 2. The molecule has 1 aromatic rings. The van der Waals surface area contributed by atoms with Crippen LogP contribution in [0.5, 0.6) is 0 Å². The molecule has 0 aromatic carbocycles. The highest BCUT2D eigenvalue weighted by atomic mass is 32.1. The highest BCUT2D eigenvalue weighted by Crippen LogP contribution is 2.19. The predicted octanol–water partition coefficient (Wildman–Crippen LogP) is 2.85. The molecule has 2 heteroatoms. The maximum atomic E-state index is 2.19. The second-order valence-electron chi connectivity index (χ2n) is 2.55. The summed E-state index contributed by atoms with van der Waals surface area (Å²) in [5.41, 5.74) is 1.33. The van der Waals surface area contributed by atoms with Crippen molar-refractivity contribution in [2.24, 2.45) is 0 Å². The molecule has 1 heterocycles. The van der Waals surface area contributed by atoms with Crippen LogP contribution in [0.4, 0.5) is 0 Å². The molecule has 1 aromatic heterocycles. The first-order chi connectivity index (χ1) is 5.88. The highest BCUT2D eigenvalue weighted by Gasteiger charge is 1.94. The van der Waals surface area contributed by atoms with Crippen molar-refractivity contribution in [3.8, 4) is 0 Å². The summed E-state index contributed by atoms with van der Waals surface area (Å²) in [6, 6.07) is 2.15. The zero-order valence-electron chi connectivity index (χ0n) is 7.58. The standard InChI is InChI=1S/C10H13BS/c1-2-4-9-6-8-12-10(9)5-3-7-11/h2-6,8H,7,11H2,1H3/b4-2-,5-3-. The van der Waals surface area contributed by atoms with E-state index in [1.165, 1.54) is 10.4 Å². The minimum atomic E-state index is 1.10. The van der Waals surface area contributed by atoms with Gasteiger partial charge in [-0.05, 0) is 30.0 Å². The largest absolute Gasteiger partial charge is 0.144 e. The fourth-order valence-electron chi connectivity index (χ4n) is 1.01. The average molecular weight is 176 g/mol. The highest BCUT2D eigenvalue weighted by molar-refractivity contribution is 7.11. The molecule has 0 fully saturated rings. The summed E-state index contributed by atoms with van der Waals surface area (Å²) in [5, 5.41) is 2.13. The lowest BCUT2D eigenvalue weighted by molar-refractivity contribution is 1.72. The first-order valence-corrected chi connectivity index (χ1v) is 5.13. The minimum Gasteiger partial charge on any atom is -0.144 e. The van der Waals surface area contributed by atoms with Gasteiger partial charge in [0.15, 0.2) is 0 Å². The Kier molecular flexibility index (Phi) is 3.88. The van der Waals surface area contributed by atoms with Crippen LogP contribution in [0.3, 0.4) is 0 Å². The number of hydrogen-bond donors (Lipinski definition) is 0. The predicted molar refractivity (Wildman–Crippen MR) is 61.4 cm³/mol. The van der Waals surface area contributed by atoms with Gasteiger partial charge >= 0.3 is 0 Å². The third kappa shape index (κ3) is 2.38. The van der Waals surface area contributed by atoms with Gasteiger partial charge in [0.25, 0.3) is 0 Å². The van der Waals surface area contributed by atoms with Gasteiger partial charge in [0, 0.05) is 4.88 Å². The van der Waals surface area contributed by atoms with E-state index in [1.807, 2.05) is 6.92 Å². The Hall–Kier alpha value is -0.755. The quantitative estimate of drug-likeness (QED) is 0.621. The molecule has 12 heavy (non-hydrogen) atoms. The van der Waals surface area contributed by atoms with Gasteiger partial charge in [-0.3, -0.25) is 0 Å². The summed E-state index contributed by atoms with van der Waals surface area (Å²) in [6.45, 7) is 2.05. The fraction of sp³-hybridized carbons (Fsp3) is 0.200. The molecule has 0 atom stereocenters. The van der Waals surface area contributed by atoms with Crippen molar-refractivity contribution in [2.45, 2.75) is 13.2 Å². The second kappa shape index (κ2) is 4.99. The Labute approximate surface area is 79.0 Å². The molecule has 0 saturated carbocycles. The van der Waals surface area contributed by atoms with Crippen LogP contribution < -0.4 is 0 Å². The second-order valence-corrected chi connectivity index (χ2v) is 3.50. The lowest BCUT2D eigenvalue weighted by Gasteiger charge is -1.89. The van der Waals surface area contributed by atoms with Gasteiger partial charge in [-0.15, -0.1) is 11.3 Å². The van der Waals surface area contributed by atoms with Crippen LogP contribution in [-0.2, 0) is 0 Å².